The van der Waals surface area contributed by atoms with Gasteiger partial charge >= 0.3 is 0 Å². The third kappa shape index (κ3) is 4.54. The van der Waals surface area contributed by atoms with Gasteiger partial charge in [-0.15, -0.1) is 0 Å². The highest BCUT2D eigenvalue weighted by Gasteiger charge is 2.42. The van der Waals surface area contributed by atoms with Gasteiger partial charge in [0, 0.05) is 12.3 Å². The van der Waals surface area contributed by atoms with Gasteiger partial charge in [0.2, 0.25) is 0 Å². The topological polar surface area (TPSA) is 35.5 Å². The third-order valence-electron chi connectivity index (χ3n) is 3.12. The molecule has 0 radical (unpaired) electrons. The van der Waals surface area contributed by atoms with Crippen LogP contribution in [0.25, 0.3) is 0 Å². The molecule has 1 aliphatic rings. The fourth-order valence-electron chi connectivity index (χ4n) is 2.26. The van der Waals surface area contributed by atoms with Crippen LogP contribution in [0.3, 0.4) is 0 Å². The zero-order chi connectivity index (χ0) is 13.8. The predicted octanol–water partition coefficient (Wildman–Crippen LogP) is 3.33. The third-order valence-corrected chi connectivity index (χ3v) is 3.12. The molecule has 3 nitrogen and oxygen atoms in total. The van der Waals surface area contributed by atoms with Crippen LogP contribution in [0.15, 0.2) is 12.2 Å². The molecule has 18 heavy (non-hydrogen) atoms. The lowest BCUT2D eigenvalue weighted by Crippen LogP contribution is -2.28. The molecule has 0 aliphatic carbocycles. The van der Waals surface area contributed by atoms with E-state index in [1.807, 2.05) is 13.8 Å². The number of carbonyl (C=O) groups excluding carboxylic acids is 1. The van der Waals surface area contributed by atoms with Crippen molar-refractivity contribution in [2.24, 2.45) is 11.8 Å². The van der Waals surface area contributed by atoms with E-state index in [1.54, 1.807) is 0 Å². The number of allylic oxidation sites excluding steroid dienone is 1. The van der Waals surface area contributed by atoms with Crippen molar-refractivity contribution in [1.29, 1.82) is 0 Å². The monoisotopic (exact) mass is 254 g/mol. The first-order valence-corrected chi connectivity index (χ1v) is 6.81. The van der Waals surface area contributed by atoms with Crippen molar-refractivity contribution >= 4 is 6.29 Å². The lowest BCUT2D eigenvalue weighted by atomic mass is 9.97. The molecule has 0 aromatic carbocycles. The summed E-state index contributed by atoms with van der Waals surface area (Å²) in [6.07, 6.45) is 6.59. The van der Waals surface area contributed by atoms with E-state index in [0.717, 1.165) is 12.7 Å². The molecule has 1 heterocycles. The molecule has 1 aliphatic heterocycles. The second kappa shape index (κ2) is 6.48. The minimum Gasteiger partial charge on any atom is -0.344 e. The zero-order valence-corrected chi connectivity index (χ0v) is 12.2. The molecule has 104 valence electrons. The largest absolute Gasteiger partial charge is 0.344 e. The molecule has 3 heteroatoms. The predicted molar refractivity (Wildman–Crippen MR) is 72.3 cm³/mol. The van der Waals surface area contributed by atoms with E-state index in [0.29, 0.717) is 12.3 Å². The first kappa shape index (κ1) is 15.4. The van der Waals surface area contributed by atoms with Gasteiger partial charge in [-0.2, -0.15) is 0 Å². The van der Waals surface area contributed by atoms with Crippen LogP contribution in [0, 0.1) is 11.8 Å². The first-order valence-electron chi connectivity index (χ1n) is 6.81. The average Bonchev–Trinajstić information content (AvgIpc) is 2.54. The summed E-state index contributed by atoms with van der Waals surface area (Å²) in [7, 11) is 0. The number of carbonyl (C=O) groups is 1. The van der Waals surface area contributed by atoms with E-state index in [4.69, 9.17) is 9.47 Å². The maximum absolute atomic E-state index is 10.7. The van der Waals surface area contributed by atoms with Gasteiger partial charge in [0.1, 0.15) is 6.29 Å². The minimum absolute atomic E-state index is 0.0337. The Morgan fingerprint density at radius 2 is 1.89 bits per heavy atom. The van der Waals surface area contributed by atoms with E-state index >= 15 is 0 Å². The van der Waals surface area contributed by atoms with Gasteiger partial charge < -0.3 is 14.3 Å². The van der Waals surface area contributed by atoms with E-state index in [2.05, 4.69) is 32.9 Å². The van der Waals surface area contributed by atoms with Crippen LogP contribution in [0.4, 0.5) is 0 Å². The molecule has 0 aromatic heterocycles. The van der Waals surface area contributed by atoms with Crippen molar-refractivity contribution in [2.75, 3.05) is 0 Å². The summed E-state index contributed by atoms with van der Waals surface area (Å²) in [5.41, 5.74) is 0. The van der Waals surface area contributed by atoms with Gasteiger partial charge in [-0.3, -0.25) is 0 Å². The molecule has 0 amide bonds. The van der Waals surface area contributed by atoms with Gasteiger partial charge in [0.15, 0.2) is 5.79 Å². The molecule has 0 aromatic rings. The number of hydrogen-bond acceptors (Lipinski definition) is 3. The van der Waals surface area contributed by atoms with Crippen LogP contribution in [-0.2, 0) is 14.3 Å². The molecule has 0 spiro atoms. The van der Waals surface area contributed by atoms with Crippen molar-refractivity contribution in [3.05, 3.63) is 12.2 Å². The highest BCUT2D eigenvalue weighted by molar-refractivity contribution is 5.50. The van der Waals surface area contributed by atoms with E-state index < -0.39 is 5.79 Å². The van der Waals surface area contributed by atoms with Gasteiger partial charge in [0.25, 0.3) is 0 Å². The summed E-state index contributed by atoms with van der Waals surface area (Å²) in [5, 5.41) is 0. The molecule has 1 rings (SSSR count). The summed E-state index contributed by atoms with van der Waals surface area (Å²) in [6.45, 7) is 10.3. The van der Waals surface area contributed by atoms with Crippen molar-refractivity contribution in [3.63, 3.8) is 0 Å². The summed E-state index contributed by atoms with van der Waals surface area (Å²) in [6, 6.07) is 0. The Morgan fingerprint density at radius 3 is 2.44 bits per heavy atom. The Bertz CT molecular complexity index is 294. The first-order chi connectivity index (χ1) is 8.35. The molecule has 0 N–H and O–H groups in total. The SMILES string of the molecule is CC(C)C/C=C\C(C)[C@H]1OC(C)(C)O[C@H]1CC=O. The Hall–Kier alpha value is -0.670. The highest BCUT2D eigenvalue weighted by Crippen LogP contribution is 2.33. The zero-order valence-electron chi connectivity index (χ0n) is 12.2. The number of ether oxygens (including phenoxy) is 2. The summed E-state index contributed by atoms with van der Waals surface area (Å²) < 4.78 is 11.7. The van der Waals surface area contributed by atoms with E-state index in [-0.39, 0.29) is 18.1 Å². The highest BCUT2D eigenvalue weighted by atomic mass is 16.8. The van der Waals surface area contributed by atoms with Gasteiger partial charge in [-0.1, -0.05) is 32.9 Å². The van der Waals surface area contributed by atoms with Gasteiger partial charge in [-0.25, -0.2) is 0 Å². The second-order valence-electron chi connectivity index (χ2n) is 5.96. The fraction of sp³-hybridized carbons (Fsp3) is 0.800. The van der Waals surface area contributed by atoms with Crippen LogP contribution in [-0.4, -0.2) is 24.3 Å². The quantitative estimate of drug-likeness (QED) is 0.539. The Labute approximate surface area is 111 Å². The summed E-state index contributed by atoms with van der Waals surface area (Å²) in [4.78, 5) is 10.7. The second-order valence-corrected chi connectivity index (χ2v) is 5.96. The van der Waals surface area contributed by atoms with Crippen molar-refractivity contribution in [3.8, 4) is 0 Å². The van der Waals surface area contributed by atoms with Crippen LogP contribution in [0.5, 0.6) is 0 Å². The van der Waals surface area contributed by atoms with Gasteiger partial charge in [0.05, 0.1) is 12.2 Å². The Balaban J connectivity index is 2.61. The molecule has 1 fully saturated rings. The lowest BCUT2D eigenvalue weighted by Gasteiger charge is -2.20. The van der Waals surface area contributed by atoms with E-state index in [1.165, 1.54) is 0 Å². The number of hydrogen-bond donors (Lipinski definition) is 0. The Kier molecular flexibility index (Phi) is 5.54. The van der Waals surface area contributed by atoms with Crippen LogP contribution < -0.4 is 0 Å². The van der Waals surface area contributed by atoms with Crippen LogP contribution in [0.2, 0.25) is 0 Å². The molecule has 1 unspecified atom stereocenters. The van der Waals surface area contributed by atoms with Crippen LogP contribution in [0.1, 0.15) is 47.5 Å². The summed E-state index contributed by atoms with van der Waals surface area (Å²) >= 11 is 0. The molecule has 0 bridgehead atoms. The maximum atomic E-state index is 10.7. The van der Waals surface area contributed by atoms with Crippen molar-refractivity contribution < 1.29 is 14.3 Å². The number of rotatable bonds is 6. The fourth-order valence-corrected chi connectivity index (χ4v) is 2.26. The lowest BCUT2D eigenvalue weighted by molar-refractivity contribution is -0.149. The maximum Gasteiger partial charge on any atom is 0.163 e. The van der Waals surface area contributed by atoms with E-state index in [9.17, 15) is 4.79 Å². The normalized spacial score (nSPS) is 29.0. The standard InChI is InChI=1S/C15H26O3/c1-11(2)7-6-8-12(3)14-13(9-10-16)17-15(4,5)18-14/h6,8,10-14H,7,9H2,1-5H3/b8-6-/t12?,13-,14+/m0/s1. The summed E-state index contributed by atoms with van der Waals surface area (Å²) in [5.74, 6) is 0.338. The molecule has 0 saturated carbocycles. The van der Waals surface area contributed by atoms with Gasteiger partial charge in [-0.05, 0) is 26.2 Å². The minimum atomic E-state index is -0.585. The molecular weight excluding hydrogens is 228 g/mol. The molecule has 3 atom stereocenters. The number of aldehydes is 1. The molecular formula is C15H26O3. The Morgan fingerprint density at radius 1 is 1.22 bits per heavy atom. The molecule has 1 saturated heterocycles. The van der Waals surface area contributed by atoms with Crippen molar-refractivity contribution in [2.45, 2.75) is 65.5 Å². The van der Waals surface area contributed by atoms with Crippen LogP contribution >= 0.6 is 0 Å². The smallest absolute Gasteiger partial charge is 0.163 e. The van der Waals surface area contributed by atoms with Crippen molar-refractivity contribution in [1.82, 2.24) is 0 Å². The average molecular weight is 254 g/mol.